The number of aryl methyl sites for hydroxylation is 3. The van der Waals surface area contributed by atoms with Gasteiger partial charge in [0.2, 0.25) is 35.4 Å². The van der Waals surface area contributed by atoms with Gasteiger partial charge in [0, 0.05) is 74.3 Å². The van der Waals surface area contributed by atoms with Gasteiger partial charge < -0.3 is 64.1 Å². The Morgan fingerprint density at radius 2 is 0.648 bits per heavy atom. The number of benzene rings is 6. The summed E-state index contributed by atoms with van der Waals surface area (Å²) < 4.78 is 0. The van der Waals surface area contributed by atoms with E-state index in [1.54, 1.807) is 0 Å². The van der Waals surface area contributed by atoms with Gasteiger partial charge in [-0.05, 0) is 203 Å². The lowest BCUT2D eigenvalue weighted by Gasteiger charge is -2.22. The Morgan fingerprint density at radius 3 is 0.909 bits per heavy atom. The van der Waals surface area contributed by atoms with Crippen molar-refractivity contribution in [2.75, 3.05) is 35.6 Å². The van der Waals surface area contributed by atoms with Crippen LogP contribution in [0.1, 0.15) is 114 Å². The zero-order valence-corrected chi connectivity index (χ0v) is 50.5. The van der Waals surface area contributed by atoms with Crippen LogP contribution < -0.4 is 49.1 Å². The zero-order valence-electron chi connectivity index (χ0n) is 50.5. The predicted octanol–water partition coefficient (Wildman–Crippen LogP) is 9.62. The van der Waals surface area contributed by atoms with Crippen molar-refractivity contribution in [3.63, 3.8) is 0 Å². The highest BCUT2D eigenvalue weighted by Gasteiger charge is 2.26. The van der Waals surface area contributed by atoms with E-state index in [4.69, 9.17) is 17.2 Å². The summed E-state index contributed by atoms with van der Waals surface area (Å²) in [6, 6.07) is 38.2. The summed E-state index contributed by atoms with van der Waals surface area (Å²) in [5.74, 6) is -2.25. The van der Waals surface area contributed by atoms with Gasteiger partial charge >= 0.3 is 0 Å². The Labute approximate surface area is 513 Å². The summed E-state index contributed by atoms with van der Waals surface area (Å²) >= 11 is 0. The van der Waals surface area contributed by atoms with Gasteiger partial charge in [-0.3, -0.25) is 28.8 Å². The molecule has 0 saturated heterocycles. The highest BCUT2D eigenvalue weighted by molar-refractivity contribution is 6.00. The van der Waals surface area contributed by atoms with E-state index in [9.17, 15) is 28.8 Å². The minimum absolute atomic E-state index is 0.0995. The van der Waals surface area contributed by atoms with Gasteiger partial charge in [-0.1, -0.05) is 72.8 Å². The van der Waals surface area contributed by atoms with E-state index in [0.29, 0.717) is 94.5 Å². The van der Waals surface area contributed by atoms with Crippen molar-refractivity contribution in [3.05, 3.63) is 196 Å². The Bertz CT molecular complexity index is 3470. The number of aromatic amines is 3. The number of carbonyl (C=O) groups is 6. The number of aromatic nitrogens is 3. The van der Waals surface area contributed by atoms with Crippen LogP contribution in [0.4, 0.5) is 17.1 Å². The molecule has 18 nitrogen and oxygen atoms in total. The van der Waals surface area contributed by atoms with E-state index >= 15 is 0 Å². The highest BCUT2D eigenvalue weighted by Crippen LogP contribution is 2.35. The summed E-state index contributed by atoms with van der Waals surface area (Å²) in [7, 11) is 0. The van der Waals surface area contributed by atoms with Gasteiger partial charge in [0.15, 0.2) is 0 Å². The van der Waals surface area contributed by atoms with Gasteiger partial charge in [0.1, 0.15) is 18.1 Å². The van der Waals surface area contributed by atoms with E-state index < -0.39 is 18.1 Å². The number of amides is 6. The molecule has 9 aromatic rings. The molecule has 88 heavy (non-hydrogen) atoms. The Morgan fingerprint density at radius 1 is 0.375 bits per heavy atom. The molecule has 0 fully saturated rings. The maximum Gasteiger partial charge on any atom is 0.246 e. The molecular weight excluding hydrogens is 1100 g/mol. The first kappa shape index (κ1) is 63.2. The quantitative estimate of drug-likeness (QED) is 0.0150. The Kier molecular flexibility index (Phi) is 21.8. The topological polar surface area (TPSA) is 300 Å². The predicted molar refractivity (Wildman–Crippen MR) is 351 cm³/mol. The van der Waals surface area contributed by atoms with Crippen LogP contribution in [0.3, 0.4) is 0 Å². The molecular formula is C70H82N12O6. The van der Waals surface area contributed by atoms with Gasteiger partial charge in [0.05, 0.1) is 19.3 Å². The number of rotatable bonds is 30. The Hall–Kier alpha value is -9.36. The summed E-state index contributed by atoms with van der Waals surface area (Å²) in [4.78, 5) is 92.6. The van der Waals surface area contributed by atoms with Crippen LogP contribution in [0.25, 0.3) is 32.7 Å². The summed E-state index contributed by atoms with van der Waals surface area (Å²) in [5, 5.41) is 20.9. The van der Waals surface area contributed by atoms with E-state index in [1.807, 2.05) is 167 Å². The largest absolute Gasteiger partial charge is 0.361 e. The second-order valence-electron chi connectivity index (χ2n) is 23.1. The van der Waals surface area contributed by atoms with Crippen molar-refractivity contribution in [1.29, 1.82) is 0 Å². The molecule has 3 atom stereocenters. The summed E-state index contributed by atoms with van der Waals surface area (Å²) in [6.07, 6.45) is 11.0. The highest BCUT2D eigenvalue weighted by atomic mass is 16.2. The molecule has 6 aromatic carbocycles. The molecule has 458 valence electrons. The first-order valence-corrected chi connectivity index (χ1v) is 30.6. The molecule has 0 saturated carbocycles. The monoisotopic (exact) mass is 1190 g/mol. The fraction of sp³-hybridized carbons (Fsp3) is 0.314. The second kappa shape index (κ2) is 30.3. The lowest BCUT2D eigenvalue weighted by atomic mass is 9.85. The van der Waals surface area contributed by atoms with Crippen LogP contribution in [0.2, 0.25) is 0 Å². The summed E-state index contributed by atoms with van der Waals surface area (Å²) in [5.41, 5.74) is 30.4. The molecule has 0 radical (unpaired) electrons. The van der Waals surface area contributed by atoms with Crippen molar-refractivity contribution in [2.45, 2.75) is 122 Å². The average molecular weight is 1190 g/mol. The smallest absolute Gasteiger partial charge is 0.246 e. The lowest BCUT2D eigenvalue weighted by Crippen LogP contribution is -2.44. The van der Waals surface area contributed by atoms with Crippen LogP contribution in [-0.4, -0.2) is 88.2 Å². The van der Waals surface area contributed by atoms with Crippen LogP contribution in [-0.2, 0) is 48.0 Å². The fourth-order valence-corrected chi connectivity index (χ4v) is 11.4. The van der Waals surface area contributed by atoms with Crippen LogP contribution >= 0.6 is 0 Å². The van der Waals surface area contributed by atoms with Gasteiger partial charge in [-0.25, -0.2) is 0 Å². The standard InChI is InChI=1S/C70H82N12O6/c1-43-13-28-55-49(40-74-61(55)34-43)37-64(83)80-58(10-4-7-31-71)68(86)77-52-22-16-46(17-23-52)67(47-18-24-53(25-19-47)78-69(87)59(11-5-8-32-72)81-65(84)38-50-41-75-62-35-44(2)14-29-56(50)62)48-20-26-54(27-21-48)79-70(88)60(12-6-9-33-73)82-66(85)39-51-42-76-63-36-45(3)15-30-57(51)63/h13-30,34-36,40-42,58-60,67,74-76H,4-12,31-33,37-39,71-73H2,1-3H3,(H,77,86)(H,78,87)(H,79,88)(H,80,83)(H,81,84)(H,82,85)/t58-,59-,60-/m0/s1. The van der Waals surface area contributed by atoms with Crippen molar-refractivity contribution >= 4 is 85.2 Å². The first-order valence-electron chi connectivity index (χ1n) is 30.6. The molecule has 15 N–H and O–H groups in total. The third-order valence-corrected chi connectivity index (χ3v) is 16.2. The number of hydrogen-bond acceptors (Lipinski definition) is 9. The Balaban J connectivity index is 0.927. The molecule has 3 heterocycles. The lowest BCUT2D eigenvalue weighted by molar-refractivity contribution is -0.126. The van der Waals surface area contributed by atoms with E-state index in [-0.39, 0.29) is 60.6 Å². The molecule has 6 amide bonds. The normalized spacial score (nSPS) is 12.4. The van der Waals surface area contributed by atoms with Crippen molar-refractivity contribution < 1.29 is 28.8 Å². The number of nitrogens with two attached hydrogens (primary N) is 3. The minimum atomic E-state index is -0.809. The van der Waals surface area contributed by atoms with Gasteiger partial charge in [0.25, 0.3) is 0 Å². The van der Waals surface area contributed by atoms with Crippen molar-refractivity contribution in [2.24, 2.45) is 17.2 Å². The molecule has 9 rings (SSSR count). The van der Waals surface area contributed by atoms with E-state index in [0.717, 1.165) is 82.8 Å². The molecule has 0 spiro atoms. The number of H-pyrrole nitrogens is 3. The number of anilines is 3. The number of fused-ring (bicyclic) bond motifs is 3. The molecule has 0 aliphatic carbocycles. The zero-order chi connectivity index (χ0) is 62.1. The number of nitrogens with one attached hydrogen (secondary N) is 9. The molecule has 0 aliphatic rings. The maximum absolute atomic E-state index is 14.0. The third-order valence-electron chi connectivity index (χ3n) is 16.2. The number of unbranched alkanes of at least 4 members (excludes halogenated alkanes) is 3. The van der Waals surface area contributed by atoms with Crippen LogP contribution in [0.15, 0.2) is 146 Å². The molecule has 3 aromatic heterocycles. The number of hydrogen-bond donors (Lipinski definition) is 12. The first-order chi connectivity index (χ1) is 42.6. The average Bonchev–Trinajstić information content (AvgIpc) is 2.69. The van der Waals surface area contributed by atoms with E-state index in [1.165, 1.54) is 0 Å². The van der Waals surface area contributed by atoms with Crippen molar-refractivity contribution in [1.82, 2.24) is 30.9 Å². The molecule has 0 bridgehead atoms. The minimum Gasteiger partial charge on any atom is -0.361 e. The fourth-order valence-electron chi connectivity index (χ4n) is 11.4. The van der Waals surface area contributed by atoms with E-state index in [2.05, 4.69) is 46.9 Å². The molecule has 18 heteroatoms. The number of carbonyl (C=O) groups excluding carboxylic acids is 6. The molecule has 0 aliphatic heterocycles. The maximum atomic E-state index is 14.0. The molecule has 0 unspecified atom stereocenters. The van der Waals surface area contributed by atoms with Crippen LogP contribution in [0.5, 0.6) is 0 Å². The second-order valence-corrected chi connectivity index (χ2v) is 23.1. The van der Waals surface area contributed by atoms with Crippen molar-refractivity contribution in [3.8, 4) is 0 Å². The summed E-state index contributed by atoms with van der Waals surface area (Å²) in [6.45, 7) is 7.42. The van der Waals surface area contributed by atoms with Crippen LogP contribution in [0, 0.1) is 20.8 Å². The van der Waals surface area contributed by atoms with Gasteiger partial charge in [-0.2, -0.15) is 0 Å². The third kappa shape index (κ3) is 16.8. The SMILES string of the molecule is Cc1ccc2c(CC(=O)N[C@@H](CCCCN)C(=O)Nc3ccc(C(c4ccc(NC(=O)[C@H](CCCCN)NC(=O)Cc5c[nH]c6cc(C)ccc56)cc4)c4ccc(NC(=O)[C@H](CCCCN)NC(=O)Cc5c[nH]c6cc(C)ccc56)cc4)cc3)c[nH]c2c1. The van der Waals surface area contributed by atoms with Gasteiger partial charge in [-0.15, -0.1) is 0 Å².